The van der Waals surface area contributed by atoms with Crippen molar-refractivity contribution in [2.75, 3.05) is 0 Å². The third-order valence-electron chi connectivity index (χ3n) is 18.1. The van der Waals surface area contributed by atoms with Crippen LogP contribution >= 0.6 is 0 Å². The molecule has 0 unspecified atom stereocenters. The summed E-state index contributed by atoms with van der Waals surface area (Å²) in [5.74, 6) is 0.961. The number of aryl methyl sites for hydroxylation is 2. The summed E-state index contributed by atoms with van der Waals surface area (Å²) >= 11 is 0. The van der Waals surface area contributed by atoms with E-state index in [2.05, 4.69) is 115 Å². The van der Waals surface area contributed by atoms with Gasteiger partial charge in [0.05, 0.1) is 24.9 Å². The number of pyridine rings is 1. The molecule has 12 aromatic carbocycles. The fourth-order valence-corrected chi connectivity index (χ4v) is 14.0. The molecule has 0 saturated heterocycles. The van der Waals surface area contributed by atoms with Crippen LogP contribution in [0.2, 0.25) is 0 Å². The maximum atomic E-state index is 9.51. The van der Waals surface area contributed by atoms with E-state index < -0.39 is 81.0 Å². The van der Waals surface area contributed by atoms with Crippen molar-refractivity contribution in [3.05, 3.63) is 302 Å². The van der Waals surface area contributed by atoms with Gasteiger partial charge in [0.15, 0.2) is 0 Å². The molecule has 9 heteroatoms. The van der Waals surface area contributed by atoms with Gasteiger partial charge in [0.25, 0.3) is 13.2 Å². The average Bonchev–Trinajstić information content (AvgIpc) is 1.53. The molecule has 0 spiro atoms. The molecule has 1 aliphatic rings. The summed E-state index contributed by atoms with van der Waals surface area (Å²) < 4.78 is 164. The van der Waals surface area contributed by atoms with E-state index in [1.807, 2.05) is 89.5 Å². The molecule has 0 amide bonds. The first-order valence-corrected chi connectivity index (χ1v) is 30.3. The number of para-hydroxylation sites is 4. The first-order valence-electron chi connectivity index (χ1n) is 38.3. The molecule has 0 fully saturated rings. The van der Waals surface area contributed by atoms with Gasteiger partial charge in [0.1, 0.15) is 11.3 Å². The van der Waals surface area contributed by atoms with Gasteiger partial charge in [-0.2, -0.15) is 6.07 Å². The Labute approximate surface area is 576 Å². The molecule has 93 heavy (non-hydrogen) atoms. The van der Waals surface area contributed by atoms with E-state index in [0.29, 0.717) is 55.3 Å². The van der Waals surface area contributed by atoms with Gasteiger partial charge in [-0.3, -0.25) is 4.57 Å². The predicted octanol–water partition coefficient (Wildman–Crippen LogP) is 18.7. The van der Waals surface area contributed by atoms with Crippen molar-refractivity contribution >= 4 is 94.2 Å². The van der Waals surface area contributed by atoms with Crippen LogP contribution in [0.4, 0.5) is 0 Å². The van der Waals surface area contributed by atoms with Gasteiger partial charge >= 0.3 is 0 Å². The molecule has 17 aromatic rings. The fourth-order valence-electron chi connectivity index (χ4n) is 14.0. The largest absolute Gasteiger partial charge is 0.508 e. The average molecular weight is 1390 g/mol. The summed E-state index contributed by atoms with van der Waals surface area (Å²) in [7, 11) is 0. The van der Waals surface area contributed by atoms with Crippen LogP contribution in [0.25, 0.3) is 133 Å². The number of hydrogen-bond acceptors (Lipinski definition) is 2. The first kappa shape index (κ1) is 41.6. The zero-order valence-electron chi connectivity index (χ0n) is 66.1. The van der Waals surface area contributed by atoms with Crippen molar-refractivity contribution < 1.29 is 52.3 Å². The molecular formula is C84H59BN6OPt-2. The number of hydrogen-bond donors (Lipinski definition) is 0. The van der Waals surface area contributed by atoms with Gasteiger partial charge in [-0.1, -0.05) is 254 Å². The molecular weight excluding hydrogens is 1310 g/mol. The van der Waals surface area contributed by atoms with Gasteiger partial charge in [-0.15, -0.1) is 29.7 Å². The number of aromatic nitrogens is 6. The zero-order chi connectivity index (χ0) is 75.2. The Morgan fingerprint density at radius 3 is 1.84 bits per heavy atom. The molecule has 0 atom stereocenters. The minimum absolute atomic E-state index is 0. The quantitative estimate of drug-likeness (QED) is 0.0821. The maximum Gasteiger partial charge on any atom is 0.268 e. The molecule has 6 heterocycles. The number of ether oxygens (including phenoxy) is 1. The number of rotatable bonds is 9. The standard InChI is InChI=1S/C84H59BN6O.Pt/c1-53-23-21-24-54(2)80(53)85-69-42-40-60(49-76(69)88-52-87(74-44-41-66-65-33-17-20-38-73(65)91(85)82(66)83(74)88)81-61(56-27-11-7-12-28-56)34-22-35-62(81)57-29-13-8-14-30-57)92-78-51-75-68(50-77(78)89-70-36-18-15-31-63(70)64-32-16-19-37-71(64)89)67-47-58(55-25-9-6-10-26-55)39-43-72(67)90(75)79-48-59(45-46-86-79)84(3,4)5;/h6-48,50H,1-5H3;/q-2;/i1D3,2D3,7D,8D,11D,12D,13D,14D,27D,28D,29D,30D;. The molecule has 7 nitrogen and oxygen atoms in total. The molecule has 0 radical (unpaired) electrons. The summed E-state index contributed by atoms with van der Waals surface area (Å²) in [5.41, 5.74) is 7.68. The molecule has 1 aliphatic heterocycles. The Kier molecular flexibility index (Phi) is 9.69. The number of fused-ring (bicyclic) bond motifs is 11. The normalized spacial score (nSPS) is 15.0. The third kappa shape index (κ3) is 8.76. The maximum absolute atomic E-state index is 9.51. The summed E-state index contributed by atoms with van der Waals surface area (Å²) in [5, 5.41) is 5.01. The SMILES string of the molecule is [2H]c1c([2H])c([2H])c(-c2cccc(-c3c([2H])c([2H])c([2H])c([2H])c3[2H])c2-[n+]2[c-]n3c4c5c(ccc42)c2ccccc2n5B(c2c(C([2H])([2H])[2H])cccc2C([2H])([2H])[2H])c2ccc(Oc4[c-]c5c(cc4-n4c6ccccc6c6ccccc64)c4cc(-c6ccccc6)ccc4n5-c4cc(C(C)(C)C)ccn4)[c-]c2-3)c([2H])c1[2H].[Pt]. The second-order valence-electron chi connectivity index (χ2n) is 24.3. The predicted molar refractivity (Wildman–Crippen MR) is 379 cm³/mol. The van der Waals surface area contributed by atoms with E-state index in [-0.39, 0.29) is 88.2 Å². The monoisotopic (exact) mass is 1390 g/mol. The number of imidazole rings is 1. The topological polar surface area (TPSA) is 45.7 Å². The summed E-state index contributed by atoms with van der Waals surface area (Å²) in [6, 6.07) is 63.9. The van der Waals surface area contributed by atoms with Gasteiger partial charge in [0.2, 0.25) is 0 Å². The van der Waals surface area contributed by atoms with Crippen LogP contribution in [0.15, 0.2) is 267 Å². The second-order valence-corrected chi connectivity index (χ2v) is 24.3. The van der Waals surface area contributed by atoms with Crippen molar-refractivity contribution in [1.29, 1.82) is 0 Å². The number of benzene rings is 12. The minimum atomic E-state index is -2.89. The van der Waals surface area contributed by atoms with Crippen molar-refractivity contribution in [2.24, 2.45) is 0 Å². The van der Waals surface area contributed by atoms with Crippen LogP contribution in [0.1, 0.15) is 59.4 Å². The Hall–Kier alpha value is -10.8. The van der Waals surface area contributed by atoms with E-state index in [4.69, 9.17) is 17.9 Å². The molecule has 5 aromatic heterocycles. The molecule has 18 rings (SSSR count). The Morgan fingerprint density at radius 2 is 1.16 bits per heavy atom. The Morgan fingerprint density at radius 1 is 0.527 bits per heavy atom. The number of nitrogens with zero attached hydrogens (tertiary/aromatic N) is 6. The zero-order valence-corrected chi connectivity index (χ0v) is 52.4. The van der Waals surface area contributed by atoms with Crippen LogP contribution in [0, 0.1) is 32.2 Å². The third-order valence-corrected chi connectivity index (χ3v) is 18.1. The molecule has 0 saturated carbocycles. The van der Waals surface area contributed by atoms with Gasteiger partial charge in [0, 0.05) is 96.1 Å². The van der Waals surface area contributed by atoms with Crippen LogP contribution in [-0.4, -0.2) is 30.0 Å². The van der Waals surface area contributed by atoms with E-state index in [9.17, 15) is 13.7 Å². The molecule has 446 valence electrons. The van der Waals surface area contributed by atoms with Crippen molar-refractivity contribution in [2.45, 2.75) is 39.9 Å². The first-order chi connectivity index (χ1) is 51.7. The van der Waals surface area contributed by atoms with E-state index in [1.54, 1.807) is 39.5 Å². The van der Waals surface area contributed by atoms with Gasteiger partial charge in [-0.25, -0.2) is 4.98 Å². The van der Waals surface area contributed by atoms with Crippen LogP contribution in [-0.2, 0) is 26.5 Å². The minimum Gasteiger partial charge on any atom is -0.508 e. The van der Waals surface area contributed by atoms with Crippen LogP contribution < -0.4 is 20.2 Å². The molecule has 0 aliphatic carbocycles. The Bertz CT molecular complexity index is 6540. The van der Waals surface area contributed by atoms with E-state index >= 15 is 0 Å². The molecule has 0 N–H and O–H groups in total. The fraction of sp³-hybridized carbons (Fsp3) is 0.0714. The van der Waals surface area contributed by atoms with Crippen molar-refractivity contribution in [3.8, 4) is 67.8 Å². The molecule has 0 bridgehead atoms. The van der Waals surface area contributed by atoms with Crippen LogP contribution in [0.3, 0.4) is 0 Å². The second kappa shape index (κ2) is 21.7. The summed E-state index contributed by atoms with van der Waals surface area (Å²) in [6.45, 7) is -0.628. The van der Waals surface area contributed by atoms with Crippen LogP contribution in [0.5, 0.6) is 11.5 Å². The Balaban J connectivity index is 0.00000868. The van der Waals surface area contributed by atoms with E-state index in [1.165, 1.54) is 24.3 Å². The van der Waals surface area contributed by atoms with E-state index in [0.717, 1.165) is 54.8 Å². The van der Waals surface area contributed by atoms with Crippen molar-refractivity contribution in [3.63, 3.8) is 0 Å². The van der Waals surface area contributed by atoms with Gasteiger partial charge in [-0.05, 0) is 111 Å². The summed E-state index contributed by atoms with van der Waals surface area (Å²) in [6.07, 6.45) is 5.43. The summed E-state index contributed by atoms with van der Waals surface area (Å²) in [4.78, 5) is 5.07. The van der Waals surface area contributed by atoms with Crippen molar-refractivity contribution in [1.82, 2.24) is 23.2 Å². The smallest absolute Gasteiger partial charge is 0.268 e. The van der Waals surface area contributed by atoms with Gasteiger partial charge < -0.3 is 22.9 Å².